The predicted octanol–water partition coefficient (Wildman–Crippen LogP) is 4.92. The number of nitrogens with zero attached hydrogens (tertiary/aromatic N) is 1. The first kappa shape index (κ1) is 12.0. The van der Waals surface area contributed by atoms with Crippen LogP contribution in [0, 0.1) is 0 Å². The lowest BCUT2D eigenvalue weighted by atomic mass is 10.1. The molecule has 1 saturated carbocycles. The van der Waals surface area contributed by atoms with Gasteiger partial charge in [-0.1, -0.05) is 31.0 Å². The number of aromatic nitrogens is 1. The third kappa shape index (κ3) is 1.91. The van der Waals surface area contributed by atoms with Crippen LogP contribution in [0.1, 0.15) is 37.3 Å². The summed E-state index contributed by atoms with van der Waals surface area (Å²) in [5, 5.41) is 11.2. The Bertz CT molecular complexity index is 720. The van der Waals surface area contributed by atoms with Crippen LogP contribution in [-0.2, 0) is 0 Å². The predicted molar refractivity (Wildman–Crippen MR) is 80.2 cm³/mol. The Morgan fingerprint density at radius 1 is 1.20 bits per heavy atom. The Morgan fingerprint density at radius 3 is 2.80 bits per heavy atom. The number of hydrogen-bond acceptors (Lipinski definition) is 4. The van der Waals surface area contributed by atoms with Crippen LogP contribution in [-0.4, -0.2) is 10.1 Å². The Balaban J connectivity index is 1.76. The van der Waals surface area contributed by atoms with Gasteiger partial charge in [-0.2, -0.15) is 0 Å². The molecular weight excluding hydrogens is 270 g/mol. The van der Waals surface area contributed by atoms with E-state index in [1.807, 2.05) is 12.1 Å². The second kappa shape index (κ2) is 4.63. The standard InChI is InChI=1S/C16H15NO2S/c18-16-14(10-5-1-2-6-10)17-15(19-16)13-9-11-7-3-4-8-12(11)20-13/h3-4,7-10,18H,1-2,5-6H2. The SMILES string of the molecule is Oc1oc(-c2cc3ccccc3s2)nc1C1CCCC1. The number of fused-ring (bicyclic) bond motifs is 1. The number of rotatable bonds is 2. The van der Waals surface area contributed by atoms with Gasteiger partial charge in [0.25, 0.3) is 0 Å². The van der Waals surface area contributed by atoms with E-state index in [-0.39, 0.29) is 5.95 Å². The van der Waals surface area contributed by atoms with Gasteiger partial charge in [0.2, 0.25) is 5.89 Å². The number of hydrogen-bond donors (Lipinski definition) is 1. The molecule has 3 aromatic rings. The molecule has 102 valence electrons. The van der Waals surface area contributed by atoms with Gasteiger partial charge in [0, 0.05) is 10.6 Å². The van der Waals surface area contributed by atoms with Gasteiger partial charge in [0.15, 0.2) is 0 Å². The van der Waals surface area contributed by atoms with E-state index < -0.39 is 0 Å². The Morgan fingerprint density at radius 2 is 2.00 bits per heavy atom. The minimum atomic E-state index is 0.00403. The molecule has 0 aliphatic heterocycles. The highest BCUT2D eigenvalue weighted by atomic mass is 32.1. The first-order chi connectivity index (χ1) is 9.81. The zero-order valence-electron chi connectivity index (χ0n) is 11.0. The van der Waals surface area contributed by atoms with Crippen LogP contribution < -0.4 is 0 Å². The summed E-state index contributed by atoms with van der Waals surface area (Å²) in [6.45, 7) is 0. The first-order valence-corrected chi connectivity index (χ1v) is 7.81. The summed E-state index contributed by atoms with van der Waals surface area (Å²) < 4.78 is 6.71. The third-order valence-corrected chi connectivity index (χ3v) is 5.12. The summed E-state index contributed by atoms with van der Waals surface area (Å²) >= 11 is 1.65. The van der Waals surface area contributed by atoms with Crippen molar-refractivity contribution in [2.45, 2.75) is 31.6 Å². The van der Waals surface area contributed by atoms with Crippen LogP contribution in [0.15, 0.2) is 34.7 Å². The molecule has 0 radical (unpaired) electrons. The van der Waals surface area contributed by atoms with E-state index in [9.17, 15) is 5.11 Å². The molecule has 0 bridgehead atoms. The lowest BCUT2D eigenvalue weighted by Crippen LogP contribution is -1.92. The number of oxazole rings is 1. The average Bonchev–Trinajstić information content (AvgIpc) is 3.16. The second-order valence-electron chi connectivity index (χ2n) is 5.34. The van der Waals surface area contributed by atoms with Crippen molar-refractivity contribution >= 4 is 21.4 Å². The van der Waals surface area contributed by atoms with Gasteiger partial charge < -0.3 is 9.52 Å². The van der Waals surface area contributed by atoms with Crippen LogP contribution >= 0.6 is 11.3 Å². The largest absolute Gasteiger partial charge is 0.479 e. The monoisotopic (exact) mass is 285 g/mol. The molecule has 1 aliphatic rings. The van der Waals surface area contributed by atoms with E-state index >= 15 is 0 Å². The molecule has 0 atom stereocenters. The van der Waals surface area contributed by atoms with Crippen molar-refractivity contribution < 1.29 is 9.52 Å². The van der Waals surface area contributed by atoms with Gasteiger partial charge >= 0.3 is 5.95 Å². The molecular formula is C16H15NO2S. The molecule has 20 heavy (non-hydrogen) atoms. The van der Waals surface area contributed by atoms with Crippen molar-refractivity contribution in [1.82, 2.24) is 4.98 Å². The minimum absolute atomic E-state index is 0.00403. The molecule has 0 spiro atoms. The Kier molecular flexibility index (Phi) is 2.77. The fraction of sp³-hybridized carbons (Fsp3) is 0.312. The van der Waals surface area contributed by atoms with E-state index in [2.05, 4.69) is 23.2 Å². The van der Waals surface area contributed by atoms with Gasteiger partial charge in [0.1, 0.15) is 5.69 Å². The number of aromatic hydroxyl groups is 1. The van der Waals surface area contributed by atoms with Gasteiger partial charge in [-0.3, -0.25) is 0 Å². The fourth-order valence-corrected chi connectivity index (χ4v) is 3.97. The van der Waals surface area contributed by atoms with E-state index in [0.717, 1.165) is 23.4 Å². The van der Waals surface area contributed by atoms with Crippen LogP contribution in [0.3, 0.4) is 0 Å². The average molecular weight is 285 g/mol. The van der Waals surface area contributed by atoms with Crippen molar-refractivity contribution in [1.29, 1.82) is 0 Å². The molecule has 0 amide bonds. The van der Waals surface area contributed by atoms with Gasteiger partial charge in [-0.25, -0.2) is 4.98 Å². The molecule has 0 saturated heterocycles. The minimum Gasteiger partial charge on any atom is -0.479 e. The van der Waals surface area contributed by atoms with Crippen molar-refractivity contribution in [3.05, 3.63) is 36.0 Å². The zero-order chi connectivity index (χ0) is 13.5. The van der Waals surface area contributed by atoms with Crippen LogP contribution in [0.5, 0.6) is 5.95 Å². The maximum atomic E-state index is 10.0. The normalized spacial score (nSPS) is 16.2. The third-order valence-electron chi connectivity index (χ3n) is 4.01. The van der Waals surface area contributed by atoms with Crippen molar-refractivity contribution in [2.24, 2.45) is 0 Å². The molecule has 1 aliphatic carbocycles. The smallest absolute Gasteiger partial charge is 0.306 e. The highest BCUT2D eigenvalue weighted by Gasteiger charge is 2.26. The molecule has 0 unspecified atom stereocenters. The Hall–Kier alpha value is -1.81. The van der Waals surface area contributed by atoms with E-state index in [0.29, 0.717) is 11.8 Å². The molecule has 2 heterocycles. The molecule has 3 nitrogen and oxygen atoms in total. The highest BCUT2D eigenvalue weighted by Crippen LogP contribution is 2.41. The summed E-state index contributed by atoms with van der Waals surface area (Å²) in [4.78, 5) is 5.53. The fourth-order valence-electron chi connectivity index (χ4n) is 2.98. The maximum Gasteiger partial charge on any atom is 0.306 e. The van der Waals surface area contributed by atoms with Gasteiger partial charge in [-0.05, 0) is 30.4 Å². The molecule has 4 heteroatoms. The summed E-state index contributed by atoms with van der Waals surface area (Å²) in [6.07, 6.45) is 4.64. The van der Waals surface area contributed by atoms with Crippen molar-refractivity contribution in [3.63, 3.8) is 0 Å². The molecule has 2 aromatic heterocycles. The quantitative estimate of drug-likeness (QED) is 0.727. The molecule has 1 N–H and O–H groups in total. The van der Waals surface area contributed by atoms with Crippen LogP contribution in [0.2, 0.25) is 0 Å². The van der Waals surface area contributed by atoms with Gasteiger partial charge in [-0.15, -0.1) is 11.3 Å². The van der Waals surface area contributed by atoms with Crippen molar-refractivity contribution in [2.75, 3.05) is 0 Å². The Labute approximate surface area is 120 Å². The maximum absolute atomic E-state index is 10.0. The number of benzene rings is 1. The van der Waals surface area contributed by atoms with Crippen LogP contribution in [0.4, 0.5) is 0 Å². The van der Waals surface area contributed by atoms with Crippen molar-refractivity contribution in [3.8, 4) is 16.7 Å². The summed E-state index contributed by atoms with van der Waals surface area (Å²) in [6, 6.07) is 10.3. The lowest BCUT2D eigenvalue weighted by molar-refractivity contribution is 0.330. The molecule has 4 rings (SSSR count). The zero-order valence-corrected chi connectivity index (χ0v) is 11.8. The first-order valence-electron chi connectivity index (χ1n) is 7.00. The topological polar surface area (TPSA) is 46.3 Å². The van der Waals surface area contributed by atoms with Crippen LogP contribution in [0.25, 0.3) is 20.9 Å². The summed E-state index contributed by atoms with van der Waals surface area (Å²) in [5.74, 6) is 0.914. The highest BCUT2D eigenvalue weighted by molar-refractivity contribution is 7.22. The van der Waals surface area contributed by atoms with Gasteiger partial charge in [0.05, 0.1) is 4.88 Å². The number of thiophene rings is 1. The van der Waals surface area contributed by atoms with E-state index in [4.69, 9.17) is 4.42 Å². The van der Waals surface area contributed by atoms with E-state index in [1.54, 1.807) is 11.3 Å². The molecule has 1 fully saturated rings. The van der Waals surface area contributed by atoms with E-state index in [1.165, 1.54) is 22.9 Å². The molecule has 1 aromatic carbocycles. The summed E-state index contributed by atoms with van der Waals surface area (Å²) in [5.41, 5.74) is 0.745. The summed E-state index contributed by atoms with van der Waals surface area (Å²) in [7, 11) is 0. The second-order valence-corrected chi connectivity index (χ2v) is 6.42. The lowest BCUT2D eigenvalue weighted by Gasteiger charge is -2.02.